The molecule has 6 heteroatoms. The van der Waals surface area contributed by atoms with Gasteiger partial charge in [0, 0.05) is 57.1 Å². The van der Waals surface area contributed by atoms with E-state index in [-0.39, 0.29) is 11.4 Å². The molecule has 0 bridgehead atoms. The maximum atomic E-state index is 12.7. The predicted molar refractivity (Wildman–Crippen MR) is 81.8 cm³/mol. The first-order valence-electron chi connectivity index (χ1n) is 8.69. The van der Waals surface area contributed by atoms with Gasteiger partial charge in [-0.2, -0.15) is 0 Å². The molecule has 124 valence electrons. The van der Waals surface area contributed by atoms with E-state index in [9.17, 15) is 4.79 Å². The van der Waals surface area contributed by atoms with Crippen molar-refractivity contribution in [3.63, 3.8) is 0 Å². The topological polar surface area (TPSA) is 45.2 Å². The van der Waals surface area contributed by atoms with Crippen molar-refractivity contribution in [2.75, 3.05) is 72.2 Å². The number of hydrogen-bond donors (Lipinski definition) is 0. The Hall–Kier alpha value is -0.850. The van der Waals surface area contributed by atoms with E-state index in [0.29, 0.717) is 5.92 Å². The second kappa shape index (κ2) is 5.98. The molecule has 0 aromatic heterocycles. The van der Waals surface area contributed by atoms with Crippen LogP contribution in [0.1, 0.15) is 12.8 Å². The maximum Gasteiger partial charge on any atom is 0.320 e. The number of morpholine rings is 1. The van der Waals surface area contributed by atoms with Crippen LogP contribution < -0.4 is 0 Å². The number of urea groups is 1. The van der Waals surface area contributed by atoms with Crippen molar-refractivity contribution in [2.24, 2.45) is 11.3 Å². The van der Waals surface area contributed by atoms with Crippen LogP contribution in [0.5, 0.6) is 0 Å². The lowest BCUT2D eigenvalue weighted by Crippen LogP contribution is -2.48. The number of likely N-dealkylation sites (tertiary alicyclic amines) is 2. The summed E-state index contributed by atoms with van der Waals surface area (Å²) in [6.45, 7) is 9.96. The summed E-state index contributed by atoms with van der Waals surface area (Å²) in [7, 11) is 0. The third kappa shape index (κ3) is 2.61. The fourth-order valence-corrected chi connectivity index (χ4v) is 4.51. The maximum absolute atomic E-state index is 12.7. The van der Waals surface area contributed by atoms with Crippen LogP contribution in [0.25, 0.3) is 0 Å². The van der Waals surface area contributed by atoms with Crippen molar-refractivity contribution in [3.8, 4) is 0 Å². The van der Waals surface area contributed by atoms with Crippen LogP contribution in [-0.2, 0) is 9.47 Å². The Morgan fingerprint density at radius 3 is 2.59 bits per heavy atom. The fraction of sp³-hybridized carbons (Fsp3) is 0.938. The van der Waals surface area contributed by atoms with Crippen LogP contribution in [0, 0.1) is 11.3 Å². The zero-order valence-electron chi connectivity index (χ0n) is 13.3. The number of carbonyl (C=O) groups excluding carboxylic acids is 1. The Kier molecular flexibility index (Phi) is 4.00. The van der Waals surface area contributed by atoms with Gasteiger partial charge >= 0.3 is 6.03 Å². The van der Waals surface area contributed by atoms with Crippen LogP contribution in [0.15, 0.2) is 0 Å². The number of hydrogen-bond acceptors (Lipinski definition) is 4. The lowest BCUT2D eigenvalue weighted by molar-refractivity contribution is 0.0109. The van der Waals surface area contributed by atoms with E-state index in [1.54, 1.807) is 0 Å². The van der Waals surface area contributed by atoms with E-state index >= 15 is 0 Å². The van der Waals surface area contributed by atoms with Gasteiger partial charge in [-0.05, 0) is 12.8 Å². The van der Waals surface area contributed by atoms with Gasteiger partial charge < -0.3 is 19.3 Å². The first kappa shape index (κ1) is 14.7. The van der Waals surface area contributed by atoms with Gasteiger partial charge in [0.15, 0.2) is 0 Å². The molecule has 6 nitrogen and oxygen atoms in total. The standard InChI is InChI=1S/C16H27N3O3/c20-15(18-3-1-2-4-18)19-9-14-10-22-13-16(14,12-19)11-17-5-7-21-8-6-17/h14H,1-13H2/t14-,16+/m1/s1. The average molecular weight is 309 g/mol. The van der Waals surface area contributed by atoms with Gasteiger partial charge in [-0.15, -0.1) is 0 Å². The zero-order chi connectivity index (χ0) is 15.0. The Bertz CT molecular complexity index is 421. The molecule has 0 aromatic carbocycles. The van der Waals surface area contributed by atoms with Gasteiger partial charge in [0.1, 0.15) is 0 Å². The quantitative estimate of drug-likeness (QED) is 0.744. The third-order valence-corrected chi connectivity index (χ3v) is 5.81. The highest BCUT2D eigenvalue weighted by Gasteiger charge is 2.53. The normalized spacial score (nSPS) is 36.1. The van der Waals surface area contributed by atoms with E-state index in [1.165, 1.54) is 0 Å². The van der Waals surface area contributed by atoms with Crippen LogP contribution in [0.2, 0.25) is 0 Å². The van der Waals surface area contributed by atoms with Gasteiger partial charge in [-0.1, -0.05) is 0 Å². The SMILES string of the molecule is O=C(N1CCCC1)N1C[C@@H]2COC[C@]2(CN2CCOCC2)C1. The molecule has 4 aliphatic heterocycles. The Morgan fingerprint density at radius 2 is 1.82 bits per heavy atom. The molecule has 2 amide bonds. The molecule has 4 fully saturated rings. The molecule has 4 rings (SSSR count). The summed E-state index contributed by atoms with van der Waals surface area (Å²) in [6, 6.07) is 0.258. The van der Waals surface area contributed by atoms with Gasteiger partial charge in [-0.25, -0.2) is 4.79 Å². The lowest BCUT2D eigenvalue weighted by atomic mass is 9.80. The monoisotopic (exact) mass is 309 g/mol. The van der Waals surface area contributed by atoms with Gasteiger partial charge in [-0.3, -0.25) is 4.90 Å². The van der Waals surface area contributed by atoms with Crippen LogP contribution >= 0.6 is 0 Å². The van der Waals surface area contributed by atoms with E-state index in [1.807, 2.05) is 4.90 Å². The molecule has 0 unspecified atom stereocenters. The highest BCUT2D eigenvalue weighted by atomic mass is 16.5. The van der Waals surface area contributed by atoms with Crippen LogP contribution in [-0.4, -0.2) is 93.0 Å². The summed E-state index contributed by atoms with van der Waals surface area (Å²) >= 11 is 0. The van der Waals surface area contributed by atoms with E-state index in [4.69, 9.17) is 9.47 Å². The Morgan fingerprint density at radius 1 is 1.05 bits per heavy atom. The number of carbonyl (C=O) groups is 1. The molecule has 22 heavy (non-hydrogen) atoms. The molecule has 4 saturated heterocycles. The molecule has 0 spiro atoms. The number of fused-ring (bicyclic) bond motifs is 1. The van der Waals surface area contributed by atoms with Crippen molar-refractivity contribution >= 4 is 6.03 Å². The van der Waals surface area contributed by atoms with Gasteiger partial charge in [0.05, 0.1) is 26.4 Å². The molecule has 2 atom stereocenters. The minimum Gasteiger partial charge on any atom is -0.380 e. The van der Waals surface area contributed by atoms with Gasteiger partial charge in [0.25, 0.3) is 0 Å². The largest absolute Gasteiger partial charge is 0.380 e. The summed E-state index contributed by atoms with van der Waals surface area (Å²) < 4.78 is 11.3. The lowest BCUT2D eigenvalue weighted by Gasteiger charge is -2.36. The number of nitrogens with zero attached hydrogens (tertiary/aromatic N) is 3. The Labute approximate surface area is 132 Å². The molecule has 0 radical (unpaired) electrons. The third-order valence-electron chi connectivity index (χ3n) is 5.81. The van der Waals surface area contributed by atoms with E-state index in [0.717, 1.165) is 85.1 Å². The number of ether oxygens (including phenoxy) is 2. The van der Waals surface area contributed by atoms with Crippen molar-refractivity contribution in [2.45, 2.75) is 12.8 Å². The summed E-state index contributed by atoms with van der Waals surface area (Å²) in [5, 5.41) is 0. The number of amides is 2. The minimum absolute atomic E-state index is 0.146. The molecular weight excluding hydrogens is 282 g/mol. The highest BCUT2D eigenvalue weighted by Crippen LogP contribution is 2.42. The van der Waals surface area contributed by atoms with E-state index in [2.05, 4.69) is 9.80 Å². The predicted octanol–water partition coefficient (Wildman–Crippen LogP) is 0.483. The molecule has 4 heterocycles. The molecule has 0 N–H and O–H groups in total. The first-order valence-corrected chi connectivity index (χ1v) is 8.69. The molecule has 4 aliphatic rings. The van der Waals surface area contributed by atoms with Crippen LogP contribution in [0.4, 0.5) is 4.79 Å². The molecule has 0 aromatic rings. The summed E-state index contributed by atoms with van der Waals surface area (Å²) in [6.07, 6.45) is 2.32. The molecular formula is C16H27N3O3. The van der Waals surface area contributed by atoms with Crippen molar-refractivity contribution in [3.05, 3.63) is 0 Å². The van der Waals surface area contributed by atoms with Crippen LogP contribution in [0.3, 0.4) is 0 Å². The second-order valence-corrected chi connectivity index (χ2v) is 7.32. The Balaban J connectivity index is 1.43. The molecule has 0 saturated carbocycles. The first-order chi connectivity index (χ1) is 10.8. The second-order valence-electron chi connectivity index (χ2n) is 7.32. The van der Waals surface area contributed by atoms with Crippen molar-refractivity contribution in [1.29, 1.82) is 0 Å². The average Bonchev–Trinajstić information content (AvgIpc) is 3.22. The summed E-state index contributed by atoms with van der Waals surface area (Å²) in [5.41, 5.74) is 0.146. The zero-order valence-corrected chi connectivity index (χ0v) is 13.3. The molecule has 0 aliphatic carbocycles. The van der Waals surface area contributed by atoms with Crippen molar-refractivity contribution in [1.82, 2.24) is 14.7 Å². The number of rotatable bonds is 2. The highest BCUT2D eigenvalue weighted by molar-refractivity contribution is 5.75. The van der Waals surface area contributed by atoms with E-state index < -0.39 is 0 Å². The van der Waals surface area contributed by atoms with Gasteiger partial charge in [0.2, 0.25) is 0 Å². The fourth-order valence-electron chi connectivity index (χ4n) is 4.51. The summed E-state index contributed by atoms with van der Waals surface area (Å²) in [5.74, 6) is 0.502. The smallest absolute Gasteiger partial charge is 0.320 e. The van der Waals surface area contributed by atoms with Crippen molar-refractivity contribution < 1.29 is 14.3 Å². The summed E-state index contributed by atoms with van der Waals surface area (Å²) in [4.78, 5) is 19.3. The minimum atomic E-state index is 0.146.